The van der Waals surface area contributed by atoms with Gasteiger partial charge < -0.3 is 14.8 Å². The van der Waals surface area contributed by atoms with Crippen molar-refractivity contribution < 1.29 is 13.9 Å². The maximum atomic E-state index is 13.7. The Balaban J connectivity index is 2.21. The molecule has 0 aromatic heterocycles. The summed E-state index contributed by atoms with van der Waals surface area (Å²) in [4.78, 5) is 0. The smallest absolute Gasteiger partial charge is 0.206 e. The lowest BCUT2D eigenvalue weighted by Crippen LogP contribution is -2.23. The van der Waals surface area contributed by atoms with Gasteiger partial charge in [0.05, 0.1) is 14.2 Å². The van der Waals surface area contributed by atoms with Gasteiger partial charge in [0.2, 0.25) is 5.82 Å². The fraction of sp³-hybridized carbons (Fsp3) is 0.538. The molecule has 17 heavy (non-hydrogen) atoms. The SMILES string of the molecule is COc1cc(CC2CCCN2)cc(OC)c1F. The molecule has 4 heteroatoms. The summed E-state index contributed by atoms with van der Waals surface area (Å²) in [5, 5.41) is 3.42. The Labute approximate surface area is 101 Å². The molecule has 1 N–H and O–H groups in total. The number of hydrogen-bond donors (Lipinski definition) is 1. The van der Waals surface area contributed by atoms with Crippen LogP contribution in [0.1, 0.15) is 18.4 Å². The summed E-state index contributed by atoms with van der Waals surface area (Å²) in [6, 6.07) is 3.98. The minimum Gasteiger partial charge on any atom is -0.494 e. The molecule has 1 atom stereocenters. The maximum Gasteiger partial charge on any atom is 0.206 e. The van der Waals surface area contributed by atoms with Crippen LogP contribution in [0.25, 0.3) is 0 Å². The van der Waals surface area contributed by atoms with Crippen molar-refractivity contribution in [3.05, 3.63) is 23.5 Å². The van der Waals surface area contributed by atoms with E-state index in [-0.39, 0.29) is 11.5 Å². The summed E-state index contributed by atoms with van der Waals surface area (Å²) >= 11 is 0. The quantitative estimate of drug-likeness (QED) is 0.873. The molecule has 1 fully saturated rings. The number of ether oxygens (including phenoxy) is 2. The van der Waals surface area contributed by atoms with Crippen molar-refractivity contribution in [2.75, 3.05) is 20.8 Å². The summed E-state index contributed by atoms with van der Waals surface area (Å²) in [6.45, 7) is 1.07. The highest BCUT2D eigenvalue weighted by Crippen LogP contribution is 2.29. The van der Waals surface area contributed by atoms with Crippen LogP contribution in [0.2, 0.25) is 0 Å². The van der Waals surface area contributed by atoms with E-state index in [0.717, 1.165) is 18.5 Å². The predicted molar refractivity (Wildman–Crippen MR) is 64.2 cm³/mol. The fourth-order valence-electron chi connectivity index (χ4n) is 2.26. The molecule has 94 valence electrons. The van der Waals surface area contributed by atoms with E-state index in [2.05, 4.69) is 5.32 Å². The Morgan fingerprint density at radius 2 is 1.94 bits per heavy atom. The Hall–Kier alpha value is -1.29. The monoisotopic (exact) mass is 239 g/mol. The molecule has 1 saturated heterocycles. The molecule has 1 aromatic rings. The Kier molecular flexibility index (Phi) is 3.84. The van der Waals surface area contributed by atoms with Gasteiger partial charge in [-0.25, -0.2) is 0 Å². The Morgan fingerprint density at radius 1 is 1.29 bits per heavy atom. The summed E-state index contributed by atoms with van der Waals surface area (Å²) in [6.07, 6.45) is 3.26. The van der Waals surface area contributed by atoms with Crippen molar-refractivity contribution in [1.29, 1.82) is 0 Å². The largest absolute Gasteiger partial charge is 0.494 e. The van der Waals surface area contributed by atoms with Crippen LogP contribution in [0.4, 0.5) is 4.39 Å². The number of rotatable bonds is 4. The maximum absolute atomic E-state index is 13.7. The highest BCUT2D eigenvalue weighted by atomic mass is 19.1. The first-order valence-corrected chi connectivity index (χ1v) is 5.88. The van der Waals surface area contributed by atoms with Gasteiger partial charge in [-0.3, -0.25) is 0 Å². The van der Waals surface area contributed by atoms with Crippen LogP contribution in [-0.2, 0) is 6.42 Å². The summed E-state index contributed by atoms with van der Waals surface area (Å²) < 4.78 is 23.7. The van der Waals surface area contributed by atoms with E-state index in [1.54, 1.807) is 12.1 Å². The molecule has 3 nitrogen and oxygen atoms in total. The van der Waals surface area contributed by atoms with Crippen LogP contribution >= 0.6 is 0 Å². The second-order valence-corrected chi connectivity index (χ2v) is 4.31. The van der Waals surface area contributed by atoms with Crippen molar-refractivity contribution in [3.63, 3.8) is 0 Å². The zero-order chi connectivity index (χ0) is 12.3. The summed E-state index contributed by atoms with van der Waals surface area (Å²) in [5.41, 5.74) is 1.04. The molecule has 0 radical (unpaired) electrons. The van der Waals surface area contributed by atoms with Crippen molar-refractivity contribution in [3.8, 4) is 11.5 Å². The highest BCUT2D eigenvalue weighted by Gasteiger charge is 2.17. The lowest BCUT2D eigenvalue weighted by Gasteiger charge is -2.13. The van der Waals surface area contributed by atoms with Gasteiger partial charge in [0.25, 0.3) is 0 Å². The van der Waals surface area contributed by atoms with Crippen LogP contribution in [0.3, 0.4) is 0 Å². The number of nitrogens with one attached hydrogen (secondary N) is 1. The van der Waals surface area contributed by atoms with Crippen molar-refractivity contribution in [1.82, 2.24) is 5.32 Å². The van der Waals surface area contributed by atoms with Gasteiger partial charge in [-0.1, -0.05) is 0 Å². The van der Waals surface area contributed by atoms with E-state index in [0.29, 0.717) is 6.04 Å². The topological polar surface area (TPSA) is 30.5 Å². The molecular weight excluding hydrogens is 221 g/mol. The molecule has 1 aliphatic heterocycles. The normalized spacial score (nSPS) is 19.4. The van der Waals surface area contributed by atoms with Gasteiger partial charge in [-0.15, -0.1) is 0 Å². The first kappa shape index (κ1) is 12.2. The van der Waals surface area contributed by atoms with Gasteiger partial charge in [-0.2, -0.15) is 4.39 Å². The molecule has 0 spiro atoms. The van der Waals surface area contributed by atoms with Crippen molar-refractivity contribution >= 4 is 0 Å². The minimum absolute atomic E-state index is 0.248. The molecule has 1 unspecified atom stereocenters. The van der Waals surface area contributed by atoms with E-state index in [4.69, 9.17) is 9.47 Å². The molecule has 2 rings (SSSR count). The van der Waals surface area contributed by atoms with Crippen LogP contribution in [0.15, 0.2) is 12.1 Å². The molecule has 1 aromatic carbocycles. The van der Waals surface area contributed by atoms with Gasteiger partial charge in [-0.05, 0) is 43.5 Å². The van der Waals surface area contributed by atoms with E-state index in [1.165, 1.54) is 27.1 Å². The molecule has 0 bridgehead atoms. The van der Waals surface area contributed by atoms with Gasteiger partial charge in [0, 0.05) is 6.04 Å². The second-order valence-electron chi connectivity index (χ2n) is 4.31. The van der Waals surface area contributed by atoms with Crippen molar-refractivity contribution in [2.24, 2.45) is 0 Å². The molecule has 0 aliphatic carbocycles. The second kappa shape index (κ2) is 5.36. The van der Waals surface area contributed by atoms with E-state index >= 15 is 0 Å². The van der Waals surface area contributed by atoms with Gasteiger partial charge in [0.1, 0.15) is 0 Å². The molecule has 0 amide bonds. The Morgan fingerprint density at radius 3 is 2.41 bits per heavy atom. The zero-order valence-electron chi connectivity index (χ0n) is 10.3. The lowest BCUT2D eigenvalue weighted by molar-refractivity contribution is 0.349. The number of benzene rings is 1. The predicted octanol–water partition coefficient (Wildman–Crippen LogP) is 2.14. The van der Waals surface area contributed by atoms with Crippen LogP contribution < -0.4 is 14.8 Å². The standard InChI is InChI=1S/C13H18FNO2/c1-16-11-7-9(6-10-4-3-5-15-10)8-12(17-2)13(11)14/h7-8,10,15H,3-6H2,1-2H3. The van der Waals surface area contributed by atoms with Crippen molar-refractivity contribution in [2.45, 2.75) is 25.3 Å². The number of hydrogen-bond acceptors (Lipinski definition) is 3. The Bertz CT molecular complexity index is 364. The summed E-state index contributed by atoms with van der Waals surface area (Å²) in [5.74, 6) is 0.0628. The minimum atomic E-state index is -0.432. The van der Waals surface area contributed by atoms with Crippen LogP contribution in [0.5, 0.6) is 11.5 Å². The third-order valence-corrected chi connectivity index (χ3v) is 3.15. The third kappa shape index (κ3) is 2.69. The first-order chi connectivity index (χ1) is 8.24. The van der Waals surface area contributed by atoms with Crippen LogP contribution in [-0.4, -0.2) is 26.8 Å². The molecular formula is C13H18FNO2. The van der Waals surface area contributed by atoms with Gasteiger partial charge >= 0.3 is 0 Å². The average Bonchev–Trinajstić information content (AvgIpc) is 2.84. The van der Waals surface area contributed by atoms with Crippen LogP contribution in [0, 0.1) is 5.82 Å². The molecule has 1 heterocycles. The van der Waals surface area contributed by atoms with E-state index < -0.39 is 5.82 Å². The fourth-order valence-corrected chi connectivity index (χ4v) is 2.26. The molecule has 0 saturated carbocycles. The highest BCUT2D eigenvalue weighted by molar-refractivity contribution is 5.40. The lowest BCUT2D eigenvalue weighted by atomic mass is 10.0. The zero-order valence-corrected chi connectivity index (χ0v) is 10.3. The van der Waals surface area contributed by atoms with E-state index in [1.807, 2.05) is 0 Å². The number of methoxy groups -OCH3 is 2. The average molecular weight is 239 g/mol. The number of halogens is 1. The third-order valence-electron chi connectivity index (χ3n) is 3.15. The van der Waals surface area contributed by atoms with E-state index in [9.17, 15) is 4.39 Å². The van der Waals surface area contributed by atoms with Gasteiger partial charge in [0.15, 0.2) is 11.5 Å². The molecule has 1 aliphatic rings. The summed E-state index contributed by atoms with van der Waals surface area (Å²) in [7, 11) is 2.94. The first-order valence-electron chi connectivity index (χ1n) is 5.88.